The average molecular weight is 416 g/mol. The lowest BCUT2D eigenvalue weighted by atomic mass is 9.73. The number of nitriles is 1. The molecule has 6 nitrogen and oxygen atoms in total. The number of allylic oxidation sites excluding steroid dienone is 3. The summed E-state index contributed by atoms with van der Waals surface area (Å²) in [6.45, 7) is 2.34. The molecule has 2 aromatic carbocycles. The molecule has 0 unspecified atom stereocenters. The maximum Gasteiger partial charge on any atom is 0.205 e. The van der Waals surface area contributed by atoms with Gasteiger partial charge in [0.1, 0.15) is 17.4 Å². The highest BCUT2D eigenvalue weighted by Gasteiger charge is 2.41. The third kappa shape index (κ3) is 3.75. The largest absolute Gasteiger partial charge is 0.493 e. The molecule has 0 saturated carbocycles. The first-order valence-corrected chi connectivity index (χ1v) is 10.3. The maximum atomic E-state index is 13.3. The first-order valence-electron chi connectivity index (χ1n) is 10.3. The third-order valence-corrected chi connectivity index (χ3v) is 5.75. The maximum absolute atomic E-state index is 13.3. The lowest BCUT2D eigenvalue weighted by Gasteiger charge is -2.34. The van der Waals surface area contributed by atoms with E-state index in [1.54, 1.807) is 13.2 Å². The number of benzene rings is 2. The minimum absolute atomic E-state index is 0.0133. The lowest BCUT2D eigenvalue weighted by molar-refractivity contribution is -0.117. The minimum Gasteiger partial charge on any atom is -0.493 e. The molecule has 0 spiro atoms. The van der Waals surface area contributed by atoms with Gasteiger partial charge in [0, 0.05) is 18.4 Å². The molecule has 0 aromatic heterocycles. The van der Waals surface area contributed by atoms with E-state index in [0.29, 0.717) is 42.3 Å². The minimum atomic E-state index is -0.594. The van der Waals surface area contributed by atoms with E-state index in [9.17, 15) is 10.1 Å². The van der Waals surface area contributed by atoms with Gasteiger partial charge >= 0.3 is 0 Å². The van der Waals surface area contributed by atoms with Crippen molar-refractivity contribution in [1.29, 1.82) is 5.26 Å². The number of carbonyl (C=O) groups excluding carboxylic acids is 1. The Kier molecular flexibility index (Phi) is 5.68. The van der Waals surface area contributed by atoms with Crippen LogP contribution in [0.5, 0.6) is 11.5 Å². The number of hydrogen-bond donors (Lipinski definition) is 1. The molecule has 0 bridgehead atoms. The topological polar surface area (TPSA) is 94.6 Å². The summed E-state index contributed by atoms with van der Waals surface area (Å²) >= 11 is 0. The van der Waals surface area contributed by atoms with E-state index in [4.69, 9.17) is 19.9 Å². The van der Waals surface area contributed by atoms with Crippen molar-refractivity contribution in [2.24, 2.45) is 5.73 Å². The molecule has 2 aliphatic rings. The van der Waals surface area contributed by atoms with Crippen molar-refractivity contribution in [1.82, 2.24) is 0 Å². The van der Waals surface area contributed by atoms with E-state index in [1.165, 1.54) is 0 Å². The number of ketones is 1. The second-order valence-corrected chi connectivity index (χ2v) is 7.54. The van der Waals surface area contributed by atoms with E-state index < -0.39 is 5.92 Å². The van der Waals surface area contributed by atoms with Crippen LogP contribution in [0.1, 0.15) is 42.7 Å². The summed E-state index contributed by atoms with van der Waals surface area (Å²) in [6.07, 6.45) is 0.908. The van der Waals surface area contributed by atoms with Crippen LogP contribution in [0.15, 0.2) is 71.3 Å². The number of ether oxygens (including phenoxy) is 3. The Balaban J connectivity index is 1.80. The van der Waals surface area contributed by atoms with Gasteiger partial charge in [-0.1, -0.05) is 36.4 Å². The molecular weight excluding hydrogens is 392 g/mol. The van der Waals surface area contributed by atoms with Crippen molar-refractivity contribution in [2.45, 2.75) is 31.6 Å². The molecule has 4 rings (SSSR count). The van der Waals surface area contributed by atoms with E-state index in [2.05, 4.69) is 6.07 Å². The van der Waals surface area contributed by atoms with Gasteiger partial charge in [0.15, 0.2) is 17.3 Å². The van der Waals surface area contributed by atoms with E-state index >= 15 is 0 Å². The molecule has 6 heteroatoms. The van der Waals surface area contributed by atoms with Crippen molar-refractivity contribution in [2.75, 3.05) is 13.7 Å². The van der Waals surface area contributed by atoms with Crippen molar-refractivity contribution < 1.29 is 19.0 Å². The number of rotatable bonds is 5. The Bertz CT molecular complexity index is 1110. The van der Waals surface area contributed by atoms with Gasteiger partial charge in [-0.15, -0.1) is 0 Å². The van der Waals surface area contributed by atoms with Gasteiger partial charge in [0.2, 0.25) is 5.88 Å². The second kappa shape index (κ2) is 8.57. The molecular formula is C25H24N2O4. The molecule has 2 atom stereocenters. The predicted molar refractivity (Wildman–Crippen MR) is 115 cm³/mol. The fourth-order valence-corrected chi connectivity index (χ4v) is 4.34. The predicted octanol–water partition coefficient (Wildman–Crippen LogP) is 4.30. The molecule has 0 fully saturated rings. The van der Waals surface area contributed by atoms with Crippen molar-refractivity contribution in [3.63, 3.8) is 0 Å². The summed E-state index contributed by atoms with van der Waals surface area (Å²) in [5, 5.41) is 9.82. The highest BCUT2D eigenvalue weighted by atomic mass is 16.5. The third-order valence-electron chi connectivity index (χ3n) is 5.75. The quantitative estimate of drug-likeness (QED) is 0.781. The van der Waals surface area contributed by atoms with Crippen LogP contribution in [0, 0.1) is 11.3 Å². The Morgan fingerprint density at radius 2 is 1.90 bits per heavy atom. The number of methoxy groups -OCH3 is 1. The van der Waals surface area contributed by atoms with Crippen LogP contribution in [0.25, 0.3) is 0 Å². The van der Waals surface area contributed by atoms with Crippen LogP contribution >= 0.6 is 0 Å². The lowest BCUT2D eigenvalue weighted by Crippen LogP contribution is -2.29. The standard InChI is InChI=1S/C25H24N2O4/c1-3-30-21-12-16(9-10-20(21)29-2)23-18(14-26)25(27)31-22-13-17(11-19(28)24(22)23)15-7-5-4-6-8-15/h4-10,12,17,23H,3,11,13,27H2,1-2H3/t17-,23-/m0/s1. The highest BCUT2D eigenvalue weighted by molar-refractivity contribution is 6.00. The molecule has 2 N–H and O–H groups in total. The number of hydrogen-bond acceptors (Lipinski definition) is 6. The average Bonchev–Trinajstić information content (AvgIpc) is 2.78. The fraction of sp³-hybridized carbons (Fsp3) is 0.280. The smallest absolute Gasteiger partial charge is 0.205 e. The van der Waals surface area contributed by atoms with Crippen molar-refractivity contribution in [3.05, 3.63) is 82.4 Å². The van der Waals surface area contributed by atoms with Crippen molar-refractivity contribution >= 4 is 5.78 Å². The molecule has 0 saturated heterocycles. The highest BCUT2D eigenvalue weighted by Crippen LogP contribution is 2.47. The van der Waals surface area contributed by atoms with Crippen LogP contribution in [0.3, 0.4) is 0 Å². The summed E-state index contributed by atoms with van der Waals surface area (Å²) in [5.74, 6) is 1.11. The number of nitrogens with zero attached hydrogens (tertiary/aromatic N) is 1. The van der Waals surface area contributed by atoms with Gasteiger partial charge in [-0.2, -0.15) is 5.26 Å². The molecule has 1 aliphatic heterocycles. The van der Waals surface area contributed by atoms with Gasteiger partial charge in [0.25, 0.3) is 0 Å². The van der Waals surface area contributed by atoms with Gasteiger partial charge in [-0.25, -0.2) is 0 Å². The Labute approximate surface area is 181 Å². The molecule has 158 valence electrons. The number of Topliss-reactive ketones (excluding diaryl/α,β-unsaturated/α-hetero) is 1. The van der Waals surface area contributed by atoms with Crippen LogP contribution in [-0.4, -0.2) is 19.5 Å². The summed E-state index contributed by atoms with van der Waals surface area (Å²) in [6, 6.07) is 17.5. The van der Waals surface area contributed by atoms with Crippen LogP contribution in [-0.2, 0) is 9.53 Å². The van der Waals surface area contributed by atoms with E-state index in [0.717, 1.165) is 11.1 Å². The van der Waals surface area contributed by atoms with Gasteiger partial charge < -0.3 is 19.9 Å². The van der Waals surface area contributed by atoms with Gasteiger partial charge in [0.05, 0.1) is 19.6 Å². The molecule has 2 aromatic rings. The Morgan fingerprint density at radius 3 is 2.58 bits per heavy atom. The van der Waals surface area contributed by atoms with Crippen LogP contribution in [0.2, 0.25) is 0 Å². The first kappa shape index (κ1) is 20.5. The molecule has 1 aliphatic carbocycles. The molecule has 0 amide bonds. The zero-order valence-corrected chi connectivity index (χ0v) is 17.6. The SMILES string of the molecule is CCOc1cc([C@H]2C(C#N)=C(N)OC3=C2C(=O)C[C@H](c2ccccc2)C3)ccc1OC. The summed E-state index contributed by atoms with van der Waals surface area (Å²) in [5.41, 5.74) is 8.70. The van der Waals surface area contributed by atoms with Crippen LogP contribution < -0.4 is 15.2 Å². The Morgan fingerprint density at radius 1 is 1.13 bits per heavy atom. The Hall–Kier alpha value is -3.72. The summed E-state index contributed by atoms with van der Waals surface area (Å²) in [4.78, 5) is 13.3. The zero-order chi connectivity index (χ0) is 22.0. The normalized spacial score (nSPS) is 20.6. The van der Waals surface area contributed by atoms with Crippen LogP contribution in [0.4, 0.5) is 0 Å². The van der Waals surface area contributed by atoms with Gasteiger partial charge in [-0.05, 0) is 36.1 Å². The summed E-state index contributed by atoms with van der Waals surface area (Å²) in [7, 11) is 1.57. The molecule has 1 heterocycles. The second-order valence-electron chi connectivity index (χ2n) is 7.54. The monoisotopic (exact) mass is 416 g/mol. The van der Waals surface area contributed by atoms with Gasteiger partial charge in [-0.3, -0.25) is 4.79 Å². The van der Waals surface area contributed by atoms with Crippen molar-refractivity contribution in [3.8, 4) is 17.6 Å². The molecule has 31 heavy (non-hydrogen) atoms. The van der Waals surface area contributed by atoms with E-state index in [-0.39, 0.29) is 23.2 Å². The number of nitrogens with two attached hydrogens (primary N) is 1. The first-order chi connectivity index (χ1) is 15.1. The summed E-state index contributed by atoms with van der Waals surface area (Å²) < 4.78 is 16.9. The number of carbonyl (C=O) groups is 1. The fourth-order valence-electron chi connectivity index (χ4n) is 4.34. The molecule has 0 radical (unpaired) electrons. The van der Waals surface area contributed by atoms with E-state index in [1.807, 2.05) is 49.4 Å². The zero-order valence-electron chi connectivity index (χ0n) is 17.6.